The smallest absolute Gasteiger partial charge is 0.414 e. The molecule has 0 unspecified atom stereocenters. The van der Waals surface area contributed by atoms with Gasteiger partial charge in [0.15, 0.2) is 0 Å². The summed E-state index contributed by atoms with van der Waals surface area (Å²) in [6, 6.07) is 8.20. The van der Waals surface area contributed by atoms with Gasteiger partial charge in [0.1, 0.15) is 6.61 Å². The lowest BCUT2D eigenvalue weighted by Crippen LogP contribution is -2.24. The Morgan fingerprint density at radius 3 is 2.80 bits per heavy atom. The van der Waals surface area contributed by atoms with Gasteiger partial charge in [-0.15, -0.1) is 0 Å². The van der Waals surface area contributed by atoms with Crippen LogP contribution < -0.4 is 10.2 Å². The Bertz CT molecular complexity index is 748. The molecule has 1 aliphatic rings. The SMILES string of the molecule is C[C@@H](NCc1cnn(C(C)(C)C)c1)c1cccc(N2CCOC2=O)c1. The van der Waals surface area contributed by atoms with Crippen LogP contribution in [0.3, 0.4) is 0 Å². The molecule has 0 radical (unpaired) electrons. The first-order chi connectivity index (χ1) is 11.8. The molecule has 1 fully saturated rings. The fourth-order valence-corrected chi connectivity index (χ4v) is 2.80. The second-order valence-corrected chi connectivity index (χ2v) is 7.43. The van der Waals surface area contributed by atoms with Crippen LogP contribution in [-0.2, 0) is 16.8 Å². The van der Waals surface area contributed by atoms with E-state index >= 15 is 0 Å². The number of ether oxygens (including phenoxy) is 1. The highest BCUT2D eigenvalue weighted by molar-refractivity contribution is 5.89. The third-order valence-corrected chi connectivity index (χ3v) is 4.38. The first kappa shape index (κ1) is 17.5. The van der Waals surface area contributed by atoms with Gasteiger partial charge in [0, 0.05) is 30.0 Å². The monoisotopic (exact) mass is 342 g/mol. The van der Waals surface area contributed by atoms with E-state index in [0.29, 0.717) is 13.2 Å². The maximum atomic E-state index is 11.7. The van der Waals surface area contributed by atoms with Gasteiger partial charge in [-0.05, 0) is 45.4 Å². The first-order valence-electron chi connectivity index (χ1n) is 8.66. The van der Waals surface area contributed by atoms with Crippen LogP contribution in [0.4, 0.5) is 10.5 Å². The molecule has 0 aliphatic carbocycles. The molecule has 1 N–H and O–H groups in total. The number of hydrogen-bond acceptors (Lipinski definition) is 4. The molecule has 6 nitrogen and oxygen atoms in total. The third-order valence-electron chi connectivity index (χ3n) is 4.38. The van der Waals surface area contributed by atoms with Crippen molar-refractivity contribution in [3.8, 4) is 0 Å². The van der Waals surface area contributed by atoms with Crippen LogP contribution in [0.2, 0.25) is 0 Å². The summed E-state index contributed by atoms with van der Waals surface area (Å²) >= 11 is 0. The Balaban J connectivity index is 1.64. The summed E-state index contributed by atoms with van der Waals surface area (Å²) in [5.41, 5.74) is 3.17. The summed E-state index contributed by atoms with van der Waals surface area (Å²) in [5.74, 6) is 0. The van der Waals surface area contributed by atoms with Crippen LogP contribution in [0.5, 0.6) is 0 Å². The molecule has 6 heteroatoms. The van der Waals surface area contributed by atoms with Gasteiger partial charge in [0.05, 0.1) is 18.3 Å². The molecule has 1 atom stereocenters. The summed E-state index contributed by atoms with van der Waals surface area (Å²) in [5, 5.41) is 7.95. The Labute approximate surface area is 148 Å². The average Bonchev–Trinajstić information content (AvgIpc) is 3.21. The Morgan fingerprint density at radius 1 is 1.36 bits per heavy atom. The standard InChI is InChI=1S/C19H26N4O2/c1-14(20-11-15-12-21-23(13-15)19(2,3)4)16-6-5-7-17(10-16)22-8-9-25-18(22)24/h5-7,10,12-14,20H,8-9,11H2,1-4H3/t14-/m1/s1. The fourth-order valence-electron chi connectivity index (χ4n) is 2.80. The number of benzene rings is 1. The van der Waals surface area contributed by atoms with E-state index in [9.17, 15) is 4.79 Å². The van der Waals surface area contributed by atoms with Crippen molar-refractivity contribution in [3.63, 3.8) is 0 Å². The topological polar surface area (TPSA) is 59.4 Å². The van der Waals surface area contributed by atoms with E-state index in [1.807, 2.05) is 29.1 Å². The van der Waals surface area contributed by atoms with E-state index in [0.717, 1.165) is 23.4 Å². The minimum Gasteiger partial charge on any atom is -0.447 e. The van der Waals surface area contributed by atoms with Crippen molar-refractivity contribution in [2.75, 3.05) is 18.1 Å². The number of aromatic nitrogens is 2. The number of rotatable bonds is 5. The fraction of sp³-hybridized carbons (Fsp3) is 0.474. The van der Waals surface area contributed by atoms with E-state index in [1.54, 1.807) is 4.90 Å². The summed E-state index contributed by atoms with van der Waals surface area (Å²) in [6.07, 6.45) is 3.71. The second-order valence-electron chi connectivity index (χ2n) is 7.43. The Morgan fingerprint density at radius 2 is 2.16 bits per heavy atom. The minimum absolute atomic E-state index is 0.0114. The van der Waals surface area contributed by atoms with Gasteiger partial charge >= 0.3 is 6.09 Å². The number of anilines is 1. The van der Waals surface area contributed by atoms with Crippen molar-refractivity contribution >= 4 is 11.8 Å². The zero-order valence-electron chi connectivity index (χ0n) is 15.3. The van der Waals surface area contributed by atoms with Crippen molar-refractivity contribution in [2.24, 2.45) is 0 Å². The summed E-state index contributed by atoms with van der Waals surface area (Å²) < 4.78 is 7.00. The van der Waals surface area contributed by atoms with Crippen LogP contribution >= 0.6 is 0 Å². The highest BCUT2D eigenvalue weighted by Gasteiger charge is 2.24. The van der Waals surface area contributed by atoms with E-state index < -0.39 is 0 Å². The Hall–Kier alpha value is -2.34. The molecular weight excluding hydrogens is 316 g/mol. The van der Waals surface area contributed by atoms with Gasteiger partial charge < -0.3 is 10.1 Å². The van der Waals surface area contributed by atoms with Gasteiger partial charge in [-0.1, -0.05) is 12.1 Å². The average molecular weight is 342 g/mol. The highest BCUT2D eigenvalue weighted by Crippen LogP contribution is 2.23. The number of nitrogens with one attached hydrogen (secondary N) is 1. The lowest BCUT2D eigenvalue weighted by molar-refractivity contribution is 0.181. The lowest BCUT2D eigenvalue weighted by Gasteiger charge is -2.19. The second kappa shape index (κ2) is 6.88. The van der Waals surface area contributed by atoms with E-state index in [4.69, 9.17) is 4.74 Å². The van der Waals surface area contributed by atoms with Crippen LogP contribution in [-0.4, -0.2) is 29.0 Å². The summed E-state index contributed by atoms with van der Waals surface area (Å²) in [7, 11) is 0. The number of carbonyl (C=O) groups excluding carboxylic acids is 1. The van der Waals surface area contributed by atoms with Gasteiger partial charge in [-0.3, -0.25) is 9.58 Å². The number of cyclic esters (lactones) is 1. The van der Waals surface area contributed by atoms with Crippen molar-refractivity contribution in [2.45, 2.75) is 45.8 Å². The molecule has 1 aromatic carbocycles. The number of amides is 1. The Kier molecular flexibility index (Phi) is 4.81. The van der Waals surface area contributed by atoms with Gasteiger partial charge in [-0.2, -0.15) is 5.10 Å². The molecule has 0 saturated carbocycles. The molecule has 2 heterocycles. The lowest BCUT2D eigenvalue weighted by atomic mass is 10.1. The van der Waals surface area contributed by atoms with E-state index in [1.165, 1.54) is 0 Å². The maximum Gasteiger partial charge on any atom is 0.414 e. The number of nitrogens with zero attached hydrogens (tertiary/aromatic N) is 3. The molecule has 0 bridgehead atoms. The normalized spacial score (nSPS) is 16.2. The zero-order chi connectivity index (χ0) is 18.0. The first-order valence-corrected chi connectivity index (χ1v) is 8.66. The molecule has 1 aliphatic heterocycles. The molecule has 134 valence electrons. The summed E-state index contributed by atoms with van der Waals surface area (Å²) in [4.78, 5) is 13.4. The highest BCUT2D eigenvalue weighted by atomic mass is 16.6. The minimum atomic E-state index is -0.271. The van der Waals surface area contributed by atoms with E-state index in [-0.39, 0.29) is 17.7 Å². The van der Waals surface area contributed by atoms with Crippen LogP contribution in [0.15, 0.2) is 36.7 Å². The zero-order valence-corrected chi connectivity index (χ0v) is 15.3. The van der Waals surface area contributed by atoms with Gasteiger partial charge in [-0.25, -0.2) is 4.79 Å². The van der Waals surface area contributed by atoms with Gasteiger partial charge in [0.2, 0.25) is 0 Å². The van der Waals surface area contributed by atoms with Gasteiger partial charge in [0.25, 0.3) is 0 Å². The molecule has 25 heavy (non-hydrogen) atoms. The molecule has 2 aromatic rings. The van der Waals surface area contributed by atoms with Crippen molar-refractivity contribution < 1.29 is 9.53 Å². The quantitative estimate of drug-likeness (QED) is 0.904. The number of carbonyl (C=O) groups is 1. The molecule has 1 amide bonds. The molecule has 1 aromatic heterocycles. The maximum absolute atomic E-state index is 11.7. The summed E-state index contributed by atoms with van der Waals surface area (Å²) in [6.45, 7) is 10.3. The predicted octanol–water partition coefficient (Wildman–Crippen LogP) is 3.45. The van der Waals surface area contributed by atoms with E-state index in [2.05, 4.69) is 50.4 Å². The van der Waals surface area contributed by atoms with Crippen molar-refractivity contribution in [1.82, 2.24) is 15.1 Å². The molecule has 3 rings (SSSR count). The number of hydrogen-bond donors (Lipinski definition) is 1. The molecular formula is C19H26N4O2. The van der Waals surface area contributed by atoms with Crippen LogP contribution in [0, 0.1) is 0 Å². The molecule has 1 saturated heterocycles. The van der Waals surface area contributed by atoms with Crippen LogP contribution in [0.1, 0.15) is 44.9 Å². The van der Waals surface area contributed by atoms with Crippen LogP contribution in [0.25, 0.3) is 0 Å². The van der Waals surface area contributed by atoms with Crippen molar-refractivity contribution in [1.29, 1.82) is 0 Å². The van der Waals surface area contributed by atoms with Crippen molar-refractivity contribution in [3.05, 3.63) is 47.8 Å². The predicted molar refractivity (Wildman–Crippen MR) is 97.6 cm³/mol. The largest absolute Gasteiger partial charge is 0.447 e. The third kappa shape index (κ3) is 4.02. The molecule has 0 spiro atoms.